The van der Waals surface area contributed by atoms with Gasteiger partial charge in [-0.1, -0.05) is 60.7 Å². The Labute approximate surface area is 181 Å². The Morgan fingerprint density at radius 1 is 0.903 bits per heavy atom. The van der Waals surface area contributed by atoms with Crippen LogP contribution in [0, 0.1) is 12.7 Å². The van der Waals surface area contributed by atoms with E-state index in [0.29, 0.717) is 12.0 Å². The van der Waals surface area contributed by atoms with Crippen molar-refractivity contribution in [3.8, 4) is 16.8 Å². The minimum atomic E-state index is -0.372. The second kappa shape index (κ2) is 9.00. The van der Waals surface area contributed by atoms with Crippen molar-refractivity contribution < 1.29 is 13.9 Å². The van der Waals surface area contributed by atoms with Crippen molar-refractivity contribution in [2.75, 3.05) is 6.61 Å². The summed E-state index contributed by atoms with van der Waals surface area (Å²) in [7, 11) is 0. The van der Waals surface area contributed by atoms with Gasteiger partial charge in [0.25, 0.3) is 0 Å². The van der Waals surface area contributed by atoms with E-state index in [0.717, 1.165) is 33.8 Å². The van der Waals surface area contributed by atoms with Crippen molar-refractivity contribution in [2.45, 2.75) is 20.3 Å². The van der Waals surface area contributed by atoms with Gasteiger partial charge in [0.15, 0.2) is 0 Å². The number of halogens is 1. The van der Waals surface area contributed by atoms with Crippen LogP contribution in [-0.2, 0) is 11.2 Å². The quantitative estimate of drug-likeness (QED) is 0.345. The van der Waals surface area contributed by atoms with Crippen LogP contribution in [0.3, 0.4) is 0 Å². The third-order valence-corrected chi connectivity index (χ3v) is 5.35. The number of benzene rings is 3. The van der Waals surface area contributed by atoms with Gasteiger partial charge < -0.3 is 9.30 Å². The summed E-state index contributed by atoms with van der Waals surface area (Å²) in [5.41, 5.74) is 5.93. The molecule has 4 heteroatoms. The number of carbonyl (C=O) groups excluding carboxylic acids is 1. The summed E-state index contributed by atoms with van der Waals surface area (Å²) in [4.78, 5) is 13.1. The molecule has 0 unspecified atom stereocenters. The van der Waals surface area contributed by atoms with Gasteiger partial charge in [0.05, 0.1) is 12.2 Å². The van der Waals surface area contributed by atoms with E-state index in [1.807, 2.05) is 55.5 Å². The summed E-state index contributed by atoms with van der Waals surface area (Å²) in [6.45, 7) is 4.01. The molecule has 156 valence electrons. The number of aromatic nitrogens is 1. The molecule has 0 aliphatic carbocycles. The van der Waals surface area contributed by atoms with E-state index in [-0.39, 0.29) is 18.4 Å². The first-order valence-electron chi connectivity index (χ1n) is 10.4. The van der Waals surface area contributed by atoms with Crippen LogP contribution in [-0.4, -0.2) is 17.1 Å². The molecule has 0 atom stereocenters. The summed E-state index contributed by atoms with van der Waals surface area (Å²) in [5.74, 6) is -0.687. The average Bonchev–Trinajstić information content (AvgIpc) is 3.07. The minimum absolute atomic E-state index is 0.283. The molecule has 0 spiro atoms. The number of hydrogen-bond donors (Lipinski definition) is 0. The number of carbonyl (C=O) groups is 1. The molecule has 1 heterocycles. The third-order valence-electron chi connectivity index (χ3n) is 5.35. The normalized spacial score (nSPS) is 10.8. The molecule has 0 saturated carbocycles. The molecule has 0 amide bonds. The molecule has 0 aliphatic rings. The van der Waals surface area contributed by atoms with Crippen LogP contribution in [0.1, 0.15) is 34.2 Å². The number of nitrogens with zero attached hydrogens (tertiary/aromatic N) is 1. The lowest BCUT2D eigenvalue weighted by molar-refractivity contribution is 0.0526. The standard InChI is InChI=1S/C27H24FNO2/c1-3-31-27(30)25-19(2)29(23-12-8-5-9-13-23)24(18-20-10-6-4-7-11-20)26(25)21-14-16-22(28)17-15-21/h4-17H,3,18H2,1-2H3. The number of rotatable bonds is 6. The van der Waals surface area contributed by atoms with Crippen molar-refractivity contribution in [3.05, 3.63) is 113 Å². The van der Waals surface area contributed by atoms with Gasteiger partial charge in [0.1, 0.15) is 5.82 Å². The van der Waals surface area contributed by atoms with Crippen LogP contribution in [0.2, 0.25) is 0 Å². The number of ether oxygens (including phenoxy) is 1. The SMILES string of the molecule is CCOC(=O)c1c(-c2ccc(F)cc2)c(Cc2ccccc2)n(-c2ccccc2)c1C. The predicted octanol–water partition coefficient (Wildman–Crippen LogP) is 6.36. The van der Waals surface area contributed by atoms with Crippen LogP contribution in [0.5, 0.6) is 0 Å². The first kappa shape index (κ1) is 20.6. The smallest absolute Gasteiger partial charge is 0.340 e. The number of esters is 1. The highest BCUT2D eigenvalue weighted by atomic mass is 19.1. The molecule has 0 N–H and O–H groups in total. The van der Waals surface area contributed by atoms with E-state index in [4.69, 9.17) is 4.74 Å². The Hall–Kier alpha value is -3.66. The number of hydrogen-bond acceptors (Lipinski definition) is 2. The summed E-state index contributed by atoms with van der Waals surface area (Å²) < 4.78 is 21.2. The molecule has 0 bridgehead atoms. The Balaban J connectivity index is 2.03. The van der Waals surface area contributed by atoms with Gasteiger partial charge in [-0.15, -0.1) is 0 Å². The lowest BCUT2D eigenvalue weighted by Gasteiger charge is -2.14. The Bertz CT molecular complexity index is 1180. The summed E-state index contributed by atoms with van der Waals surface area (Å²) in [6, 6.07) is 26.4. The maximum Gasteiger partial charge on any atom is 0.340 e. The van der Waals surface area contributed by atoms with Crippen molar-refractivity contribution >= 4 is 5.97 Å². The van der Waals surface area contributed by atoms with Crippen LogP contribution < -0.4 is 0 Å². The second-order valence-corrected chi connectivity index (χ2v) is 7.34. The highest BCUT2D eigenvalue weighted by Crippen LogP contribution is 2.37. The highest BCUT2D eigenvalue weighted by molar-refractivity contribution is 6.00. The van der Waals surface area contributed by atoms with Crippen molar-refractivity contribution in [1.82, 2.24) is 4.57 Å². The third kappa shape index (κ3) is 4.15. The molecular formula is C27H24FNO2. The van der Waals surface area contributed by atoms with E-state index in [1.54, 1.807) is 19.1 Å². The Morgan fingerprint density at radius 3 is 2.13 bits per heavy atom. The van der Waals surface area contributed by atoms with Gasteiger partial charge in [0.2, 0.25) is 0 Å². The largest absolute Gasteiger partial charge is 0.462 e. The first-order valence-corrected chi connectivity index (χ1v) is 10.4. The van der Waals surface area contributed by atoms with Crippen LogP contribution in [0.25, 0.3) is 16.8 Å². The maximum atomic E-state index is 13.7. The zero-order chi connectivity index (χ0) is 21.8. The molecule has 0 aliphatic heterocycles. The van der Waals surface area contributed by atoms with E-state index in [9.17, 15) is 9.18 Å². The van der Waals surface area contributed by atoms with Gasteiger partial charge >= 0.3 is 5.97 Å². The molecular weight excluding hydrogens is 389 g/mol. The van der Waals surface area contributed by atoms with Gasteiger partial charge in [-0.2, -0.15) is 0 Å². The van der Waals surface area contributed by atoms with Crippen LogP contribution in [0.15, 0.2) is 84.9 Å². The van der Waals surface area contributed by atoms with Crippen molar-refractivity contribution in [3.63, 3.8) is 0 Å². The fourth-order valence-corrected chi connectivity index (χ4v) is 4.01. The monoisotopic (exact) mass is 413 g/mol. The summed E-state index contributed by atoms with van der Waals surface area (Å²) in [6.07, 6.45) is 0.614. The van der Waals surface area contributed by atoms with Gasteiger partial charge in [0, 0.05) is 29.1 Å². The minimum Gasteiger partial charge on any atom is -0.462 e. The topological polar surface area (TPSA) is 31.2 Å². The fourth-order valence-electron chi connectivity index (χ4n) is 4.01. The maximum absolute atomic E-state index is 13.7. The van der Waals surface area contributed by atoms with Crippen LogP contribution >= 0.6 is 0 Å². The molecule has 0 radical (unpaired) electrons. The summed E-state index contributed by atoms with van der Waals surface area (Å²) in [5, 5.41) is 0. The second-order valence-electron chi connectivity index (χ2n) is 7.34. The molecule has 4 rings (SSSR count). The van der Waals surface area contributed by atoms with Gasteiger partial charge in [-0.3, -0.25) is 0 Å². The van der Waals surface area contributed by atoms with Gasteiger partial charge in [-0.05, 0) is 49.2 Å². The fraction of sp³-hybridized carbons (Fsp3) is 0.148. The van der Waals surface area contributed by atoms with Crippen molar-refractivity contribution in [1.29, 1.82) is 0 Å². The predicted molar refractivity (Wildman–Crippen MR) is 121 cm³/mol. The first-order chi connectivity index (χ1) is 15.1. The Kier molecular flexibility index (Phi) is 5.99. The molecule has 31 heavy (non-hydrogen) atoms. The lowest BCUT2D eigenvalue weighted by atomic mass is 9.97. The zero-order valence-corrected chi connectivity index (χ0v) is 17.6. The molecule has 0 fully saturated rings. The molecule has 0 saturated heterocycles. The lowest BCUT2D eigenvalue weighted by Crippen LogP contribution is -2.07. The summed E-state index contributed by atoms with van der Waals surface area (Å²) >= 11 is 0. The van der Waals surface area contributed by atoms with Gasteiger partial charge in [-0.25, -0.2) is 9.18 Å². The highest BCUT2D eigenvalue weighted by Gasteiger charge is 2.27. The van der Waals surface area contributed by atoms with Crippen molar-refractivity contribution in [2.24, 2.45) is 0 Å². The Morgan fingerprint density at radius 2 is 1.52 bits per heavy atom. The zero-order valence-electron chi connectivity index (χ0n) is 17.6. The molecule has 4 aromatic rings. The molecule has 3 nitrogen and oxygen atoms in total. The molecule has 3 aromatic carbocycles. The van der Waals surface area contributed by atoms with E-state index in [2.05, 4.69) is 16.7 Å². The average molecular weight is 413 g/mol. The number of para-hydroxylation sites is 1. The van der Waals surface area contributed by atoms with E-state index < -0.39 is 0 Å². The van der Waals surface area contributed by atoms with Crippen LogP contribution in [0.4, 0.5) is 4.39 Å². The van der Waals surface area contributed by atoms with E-state index in [1.165, 1.54) is 12.1 Å². The van der Waals surface area contributed by atoms with E-state index >= 15 is 0 Å². The molecule has 1 aromatic heterocycles.